The van der Waals surface area contributed by atoms with E-state index in [1.54, 1.807) is 0 Å². The largest absolute Gasteiger partial charge is 0.468 e. The number of rotatable bonds is 2. The fourth-order valence-electron chi connectivity index (χ4n) is 2.91. The molecule has 19 heavy (non-hydrogen) atoms. The lowest BCUT2D eigenvalue weighted by atomic mass is 9.68. The van der Waals surface area contributed by atoms with Crippen molar-refractivity contribution in [3.05, 3.63) is 12.2 Å². The minimum atomic E-state index is -1.38. The monoisotopic (exact) mass is 268 g/mol. The number of fused-ring (bicyclic) bond motifs is 1. The summed E-state index contributed by atoms with van der Waals surface area (Å²) >= 11 is 0. The van der Waals surface area contributed by atoms with Crippen LogP contribution in [-0.2, 0) is 28.6 Å². The van der Waals surface area contributed by atoms with Crippen molar-refractivity contribution in [1.29, 1.82) is 0 Å². The van der Waals surface area contributed by atoms with Crippen LogP contribution >= 0.6 is 0 Å². The highest BCUT2D eigenvalue weighted by Crippen LogP contribution is 2.47. The first-order valence-electron chi connectivity index (χ1n) is 6.03. The molecule has 0 N–H and O–H groups in total. The average molecular weight is 268 g/mol. The molecule has 1 heterocycles. The maximum atomic E-state index is 12.0. The van der Waals surface area contributed by atoms with Gasteiger partial charge in [-0.2, -0.15) is 0 Å². The minimum Gasteiger partial charge on any atom is -0.468 e. The first kappa shape index (κ1) is 13.6. The third-order valence-electron chi connectivity index (χ3n) is 4.00. The van der Waals surface area contributed by atoms with Gasteiger partial charge in [-0.3, -0.25) is 9.59 Å². The highest BCUT2D eigenvalue weighted by atomic mass is 16.6. The molecule has 0 spiro atoms. The maximum absolute atomic E-state index is 12.0. The van der Waals surface area contributed by atoms with Gasteiger partial charge in [-0.05, 0) is 12.8 Å². The number of hydrogen-bond donors (Lipinski definition) is 0. The molecule has 2 rings (SSSR count). The van der Waals surface area contributed by atoms with E-state index < -0.39 is 29.4 Å². The van der Waals surface area contributed by atoms with Gasteiger partial charge >= 0.3 is 17.9 Å². The number of esters is 3. The summed E-state index contributed by atoms with van der Waals surface area (Å²) < 4.78 is 14.6. The van der Waals surface area contributed by atoms with Gasteiger partial charge in [0.25, 0.3) is 0 Å². The second-order valence-corrected chi connectivity index (χ2v) is 4.88. The molecular formula is C13H16O6. The molecular weight excluding hydrogens is 252 g/mol. The second-order valence-electron chi connectivity index (χ2n) is 4.88. The van der Waals surface area contributed by atoms with Crippen LogP contribution in [0.3, 0.4) is 0 Å². The van der Waals surface area contributed by atoms with Crippen molar-refractivity contribution >= 4 is 17.9 Å². The standard InChI is InChI=1S/C13H16O6/c1-7-8-4-5-13(11(15)17-2,12(16)18-3)6-9(8)19-10(7)14/h8-9H,1,4-6H2,2-3H3/t8-,9+/m1/s1. The number of hydrogen-bond acceptors (Lipinski definition) is 6. The van der Waals surface area contributed by atoms with Crippen molar-refractivity contribution in [2.24, 2.45) is 11.3 Å². The summed E-state index contributed by atoms with van der Waals surface area (Å²) in [7, 11) is 2.44. The van der Waals surface area contributed by atoms with Crippen LogP contribution < -0.4 is 0 Å². The van der Waals surface area contributed by atoms with Crippen LogP contribution in [-0.4, -0.2) is 38.2 Å². The third kappa shape index (κ3) is 1.91. The van der Waals surface area contributed by atoms with Crippen molar-refractivity contribution < 1.29 is 28.6 Å². The van der Waals surface area contributed by atoms with Gasteiger partial charge in [-0.15, -0.1) is 0 Å². The normalized spacial score (nSPS) is 28.3. The summed E-state index contributed by atoms with van der Waals surface area (Å²) in [6, 6.07) is 0. The SMILES string of the molecule is C=C1C(=O)O[C@H]2CC(C(=O)OC)(C(=O)OC)CC[C@H]12. The van der Waals surface area contributed by atoms with E-state index in [-0.39, 0.29) is 18.8 Å². The van der Waals surface area contributed by atoms with E-state index in [4.69, 9.17) is 14.2 Å². The van der Waals surface area contributed by atoms with E-state index in [1.807, 2.05) is 0 Å². The molecule has 2 fully saturated rings. The summed E-state index contributed by atoms with van der Waals surface area (Å²) in [6.45, 7) is 3.69. The van der Waals surface area contributed by atoms with Crippen molar-refractivity contribution in [2.45, 2.75) is 25.4 Å². The summed E-state index contributed by atoms with van der Waals surface area (Å²) in [5, 5.41) is 0. The van der Waals surface area contributed by atoms with Crippen LogP contribution in [0.4, 0.5) is 0 Å². The molecule has 6 nitrogen and oxygen atoms in total. The number of carbonyl (C=O) groups excluding carboxylic acids is 3. The predicted octanol–water partition coefficient (Wildman–Crippen LogP) is 0.600. The van der Waals surface area contributed by atoms with Gasteiger partial charge in [0.1, 0.15) is 6.10 Å². The Balaban J connectivity index is 2.29. The Labute approximate surface area is 110 Å². The van der Waals surface area contributed by atoms with Crippen LogP contribution in [0.15, 0.2) is 12.2 Å². The summed E-state index contributed by atoms with van der Waals surface area (Å²) in [6.07, 6.45) is 0.316. The zero-order valence-corrected chi connectivity index (χ0v) is 10.9. The molecule has 0 amide bonds. The Bertz CT molecular complexity index is 436. The molecule has 0 aromatic heterocycles. The quantitative estimate of drug-likeness (QED) is 0.316. The van der Waals surface area contributed by atoms with Gasteiger partial charge in [0, 0.05) is 17.9 Å². The summed E-state index contributed by atoms with van der Waals surface area (Å²) in [4.78, 5) is 35.4. The lowest BCUT2D eigenvalue weighted by Crippen LogP contribution is -2.48. The Morgan fingerprint density at radius 3 is 2.42 bits per heavy atom. The van der Waals surface area contributed by atoms with Crippen LogP contribution in [0, 0.1) is 11.3 Å². The Morgan fingerprint density at radius 1 is 1.32 bits per heavy atom. The molecule has 2 aliphatic rings. The highest BCUT2D eigenvalue weighted by molar-refractivity contribution is 6.00. The van der Waals surface area contributed by atoms with Crippen LogP contribution in [0.1, 0.15) is 19.3 Å². The average Bonchev–Trinajstić information content (AvgIpc) is 2.71. The van der Waals surface area contributed by atoms with E-state index in [1.165, 1.54) is 14.2 Å². The van der Waals surface area contributed by atoms with E-state index >= 15 is 0 Å². The number of ether oxygens (including phenoxy) is 3. The molecule has 104 valence electrons. The zero-order chi connectivity index (χ0) is 14.2. The highest BCUT2D eigenvalue weighted by Gasteiger charge is 2.57. The first-order chi connectivity index (χ1) is 8.96. The maximum Gasteiger partial charge on any atom is 0.334 e. The van der Waals surface area contributed by atoms with E-state index in [9.17, 15) is 14.4 Å². The number of carbonyl (C=O) groups is 3. The predicted molar refractivity (Wildman–Crippen MR) is 62.8 cm³/mol. The van der Waals surface area contributed by atoms with Crippen molar-refractivity contribution in [3.8, 4) is 0 Å². The van der Waals surface area contributed by atoms with Gasteiger partial charge < -0.3 is 14.2 Å². The van der Waals surface area contributed by atoms with E-state index in [0.717, 1.165) is 0 Å². The summed E-state index contributed by atoms with van der Waals surface area (Å²) in [5.74, 6) is -1.88. The van der Waals surface area contributed by atoms with Crippen molar-refractivity contribution in [3.63, 3.8) is 0 Å². The molecule has 1 aliphatic heterocycles. The second kappa shape index (κ2) is 4.68. The molecule has 0 aromatic carbocycles. The number of methoxy groups -OCH3 is 2. The molecule has 0 bridgehead atoms. The molecule has 2 atom stereocenters. The van der Waals surface area contributed by atoms with Crippen LogP contribution in [0.25, 0.3) is 0 Å². The molecule has 0 radical (unpaired) electrons. The van der Waals surface area contributed by atoms with Gasteiger partial charge in [0.2, 0.25) is 0 Å². The van der Waals surface area contributed by atoms with Crippen LogP contribution in [0.2, 0.25) is 0 Å². The van der Waals surface area contributed by atoms with Gasteiger partial charge in [0.05, 0.1) is 14.2 Å². The van der Waals surface area contributed by atoms with Crippen molar-refractivity contribution in [1.82, 2.24) is 0 Å². The van der Waals surface area contributed by atoms with Crippen LogP contribution in [0.5, 0.6) is 0 Å². The topological polar surface area (TPSA) is 78.9 Å². The Kier molecular flexibility index (Phi) is 3.34. The Hall–Kier alpha value is -1.85. The lowest BCUT2D eigenvalue weighted by molar-refractivity contribution is -0.177. The lowest BCUT2D eigenvalue weighted by Gasteiger charge is -2.36. The van der Waals surface area contributed by atoms with Gasteiger partial charge in [0.15, 0.2) is 5.41 Å². The zero-order valence-electron chi connectivity index (χ0n) is 10.9. The van der Waals surface area contributed by atoms with Gasteiger partial charge in [-0.25, -0.2) is 4.79 Å². The molecule has 0 unspecified atom stereocenters. The van der Waals surface area contributed by atoms with E-state index in [0.29, 0.717) is 12.0 Å². The summed E-state index contributed by atoms with van der Waals surface area (Å²) in [5.41, 5.74) is -0.969. The van der Waals surface area contributed by atoms with Gasteiger partial charge in [-0.1, -0.05) is 6.58 Å². The fraction of sp³-hybridized carbons (Fsp3) is 0.615. The molecule has 1 saturated carbocycles. The molecule has 6 heteroatoms. The fourth-order valence-corrected chi connectivity index (χ4v) is 2.91. The van der Waals surface area contributed by atoms with E-state index in [2.05, 4.69) is 6.58 Å². The molecule has 1 saturated heterocycles. The first-order valence-corrected chi connectivity index (χ1v) is 6.03. The smallest absolute Gasteiger partial charge is 0.334 e. The molecule has 1 aliphatic carbocycles. The Morgan fingerprint density at radius 2 is 1.89 bits per heavy atom. The van der Waals surface area contributed by atoms with Crippen molar-refractivity contribution in [2.75, 3.05) is 14.2 Å². The third-order valence-corrected chi connectivity index (χ3v) is 4.00. The molecule has 0 aromatic rings. The minimum absolute atomic E-state index is 0.0851.